The van der Waals surface area contributed by atoms with Crippen LogP contribution in [0.2, 0.25) is 5.02 Å². The molecule has 0 radical (unpaired) electrons. The number of carbonyl (C=O) groups is 2. The van der Waals surface area contributed by atoms with Crippen LogP contribution in [0, 0.1) is 11.2 Å². The van der Waals surface area contributed by atoms with Crippen LogP contribution in [0.5, 0.6) is 0 Å². The van der Waals surface area contributed by atoms with E-state index in [0.29, 0.717) is 66.5 Å². The third-order valence-electron chi connectivity index (χ3n) is 7.50. The molecule has 14 heteroatoms. The topological polar surface area (TPSA) is 111 Å². The van der Waals surface area contributed by atoms with Gasteiger partial charge in [0, 0.05) is 62.1 Å². The third kappa shape index (κ3) is 5.81. The van der Waals surface area contributed by atoms with Crippen LogP contribution in [-0.4, -0.2) is 100 Å². The number of thiazole rings is 1. The van der Waals surface area contributed by atoms with E-state index in [9.17, 15) is 19.1 Å². The zero-order valence-corrected chi connectivity index (χ0v) is 25.2. The molecule has 2 atom stereocenters. The van der Waals surface area contributed by atoms with Gasteiger partial charge in [-0.05, 0) is 32.1 Å². The van der Waals surface area contributed by atoms with Crippen molar-refractivity contribution in [1.29, 1.82) is 0 Å². The predicted molar refractivity (Wildman–Crippen MR) is 158 cm³/mol. The Hall–Kier alpha value is -3.13. The lowest BCUT2D eigenvalue weighted by molar-refractivity contribution is -0.147. The number of aromatic nitrogens is 1. The lowest BCUT2D eigenvalue weighted by Crippen LogP contribution is -2.53. The molecule has 2 N–H and O–H groups in total. The summed E-state index contributed by atoms with van der Waals surface area (Å²) in [5.41, 5.74) is 0.223. The molecule has 5 rings (SSSR count). The second-order valence-corrected chi connectivity index (χ2v) is 12.4. The minimum Gasteiger partial charge on any atom is -0.481 e. The first-order valence-corrected chi connectivity index (χ1v) is 14.7. The molecule has 41 heavy (non-hydrogen) atoms. The third-order valence-corrected chi connectivity index (χ3v) is 9.17. The highest BCUT2D eigenvalue weighted by Crippen LogP contribution is 2.37. The van der Waals surface area contributed by atoms with Crippen molar-refractivity contribution in [2.24, 2.45) is 10.4 Å². The van der Waals surface area contributed by atoms with E-state index in [0.717, 1.165) is 0 Å². The van der Waals surface area contributed by atoms with E-state index in [1.165, 1.54) is 30.6 Å². The molecular weight excluding hydrogens is 591 g/mol. The van der Waals surface area contributed by atoms with Crippen molar-refractivity contribution in [2.45, 2.75) is 25.9 Å². The Balaban J connectivity index is 1.44. The number of ether oxygens (including phenoxy) is 1. The van der Waals surface area contributed by atoms with E-state index >= 15 is 0 Å². The maximum Gasteiger partial charge on any atom is 0.338 e. The number of hydrogen-bond donors (Lipinski definition) is 2. The second-order valence-electron chi connectivity index (χ2n) is 10.8. The number of carbonyl (C=O) groups excluding carboxylic acids is 1. The van der Waals surface area contributed by atoms with Crippen molar-refractivity contribution >= 4 is 58.0 Å². The summed E-state index contributed by atoms with van der Waals surface area (Å²) in [4.78, 5) is 40.4. The summed E-state index contributed by atoms with van der Waals surface area (Å²) in [7, 11) is 1.29. The molecule has 0 aliphatic carbocycles. The van der Waals surface area contributed by atoms with E-state index in [-0.39, 0.29) is 16.6 Å². The number of benzene rings is 1. The number of rotatable bonds is 8. The summed E-state index contributed by atoms with van der Waals surface area (Å²) < 4.78 is 19.7. The number of nitrogens with one attached hydrogen (secondary N) is 1. The predicted octanol–water partition coefficient (Wildman–Crippen LogP) is 3.15. The van der Waals surface area contributed by atoms with Gasteiger partial charge in [-0.3, -0.25) is 14.7 Å². The van der Waals surface area contributed by atoms with Crippen molar-refractivity contribution in [1.82, 2.24) is 25.0 Å². The van der Waals surface area contributed by atoms with Gasteiger partial charge in [-0.15, -0.1) is 11.3 Å². The zero-order chi connectivity index (χ0) is 29.5. The van der Waals surface area contributed by atoms with Crippen LogP contribution in [0.1, 0.15) is 30.5 Å². The van der Waals surface area contributed by atoms with Crippen LogP contribution in [0.3, 0.4) is 0 Å². The van der Waals surface area contributed by atoms with Gasteiger partial charge in [-0.25, -0.2) is 14.2 Å². The fourth-order valence-corrected chi connectivity index (χ4v) is 6.56. The molecule has 0 saturated carbocycles. The van der Waals surface area contributed by atoms with Gasteiger partial charge < -0.3 is 25.0 Å². The van der Waals surface area contributed by atoms with Crippen LogP contribution >= 0.6 is 35.2 Å². The van der Waals surface area contributed by atoms with Gasteiger partial charge >= 0.3 is 11.9 Å². The number of esters is 1. The molecule has 2 aromatic rings. The molecule has 2 saturated heterocycles. The number of aliphatic imine (C=N–C) groups is 1. The standard InChI is InChI=1S/C27H30ClFN6O4S2/c1-27(2,25(37)38)14-34-12-15-11-33(8-9-35(15)26(34)40)13-18-19(24(36)39-3)21(16-5-4-6-17(29)20(16)28)32-22(31-18)23-30-7-10-41-23/h4-7,10,15,21H,8-9,11-14H2,1-3H3,(H,31,32)(H,37,38)/t15-,21?/m0/s1. The Labute approximate surface area is 251 Å². The molecule has 0 spiro atoms. The summed E-state index contributed by atoms with van der Waals surface area (Å²) in [6, 6.07) is 3.59. The highest BCUT2D eigenvalue weighted by molar-refractivity contribution is 7.80. The number of carboxylic acid groups (broad SMARTS) is 1. The maximum absolute atomic E-state index is 14.5. The molecule has 4 heterocycles. The fraction of sp³-hybridized carbons (Fsp3) is 0.444. The molecule has 0 bridgehead atoms. The SMILES string of the molecule is COC(=O)C1=C(CN2CCN3C(=S)N(CC(C)(C)C(=O)O)C[C@@H]3C2)NC(c2nccs2)=NC1c1cccc(F)c1Cl. The van der Waals surface area contributed by atoms with Crippen molar-refractivity contribution in [3.63, 3.8) is 0 Å². The molecular formula is C27H30ClFN6O4S2. The molecule has 1 aromatic carbocycles. The minimum atomic E-state index is -0.941. The van der Waals surface area contributed by atoms with Crippen LogP contribution < -0.4 is 5.32 Å². The average Bonchev–Trinajstić information content (AvgIpc) is 3.58. The largest absolute Gasteiger partial charge is 0.481 e. The van der Waals surface area contributed by atoms with Gasteiger partial charge in [-0.1, -0.05) is 23.7 Å². The van der Waals surface area contributed by atoms with E-state index in [1.54, 1.807) is 26.1 Å². The first kappa shape index (κ1) is 29.4. The lowest BCUT2D eigenvalue weighted by atomic mass is 9.93. The van der Waals surface area contributed by atoms with Crippen molar-refractivity contribution in [3.05, 3.63) is 62.5 Å². The van der Waals surface area contributed by atoms with Gasteiger partial charge in [0.1, 0.15) is 11.9 Å². The van der Waals surface area contributed by atoms with Crippen LogP contribution in [0.15, 0.2) is 46.0 Å². The Morgan fingerprint density at radius 1 is 1.32 bits per heavy atom. The Kier molecular flexibility index (Phi) is 8.33. The summed E-state index contributed by atoms with van der Waals surface area (Å²) in [6.07, 6.45) is 1.66. The van der Waals surface area contributed by atoms with Gasteiger partial charge in [0.05, 0.1) is 29.2 Å². The number of carboxylic acids is 1. The number of thiocarbonyl (C=S) groups is 1. The first-order chi connectivity index (χ1) is 19.5. The highest BCUT2D eigenvalue weighted by atomic mass is 35.5. The number of hydrogen-bond acceptors (Lipinski definition) is 9. The van der Waals surface area contributed by atoms with Gasteiger partial charge in [0.25, 0.3) is 0 Å². The van der Waals surface area contributed by atoms with E-state index < -0.39 is 29.2 Å². The highest BCUT2D eigenvalue weighted by Gasteiger charge is 2.42. The molecule has 218 valence electrons. The van der Waals surface area contributed by atoms with E-state index in [1.807, 2.05) is 10.3 Å². The van der Waals surface area contributed by atoms with Crippen LogP contribution in [0.4, 0.5) is 4.39 Å². The van der Waals surface area contributed by atoms with Crippen molar-refractivity contribution in [2.75, 3.05) is 46.4 Å². The van der Waals surface area contributed by atoms with E-state index in [2.05, 4.69) is 20.1 Å². The normalized spacial score (nSPS) is 21.5. The molecule has 1 aromatic heterocycles. The lowest BCUT2D eigenvalue weighted by Gasteiger charge is -2.38. The number of methoxy groups -OCH3 is 1. The summed E-state index contributed by atoms with van der Waals surface area (Å²) >= 11 is 13.5. The molecule has 3 aliphatic rings. The minimum absolute atomic E-state index is 0.0622. The first-order valence-electron chi connectivity index (χ1n) is 13.0. The number of halogens is 2. The fourth-order valence-electron chi connectivity index (χ4n) is 5.36. The smallest absolute Gasteiger partial charge is 0.338 e. The molecule has 10 nitrogen and oxygen atoms in total. The number of amidine groups is 1. The summed E-state index contributed by atoms with van der Waals surface area (Å²) in [5, 5.41) is 15.9. The zero-order valence-electron chi connectivity index (χ0n) is 22.8. The van der Waals surface area contributed by atoms with Crippen LogP contribution in [-0.2, 0) is 14.3 Å². The Bertz CT molecular complexity index is 1430. The summed E-state index contributed by atoms with van der Waals surface area (Å²) in [5.74, 6) is -1.62. The number of nitrogens with zero attached hydrogens (tertiary/aromatic N) is 5. The molecule has 3 aliphatic heterocycles. The van der Waals surface area contributed by atoms with Gasteiger partial charge in [0.2, 0.25) is 0 Å². The quantitative estimate of drug-likeness (QED) is 0.337. The Morgan fingerprint density at radius 2 is 2.10 bits per heavy atom. The second kappa shape index (κ2) is 11.6. The number of aliphatic carboxylic acids is 1. The number of fused-ring (bicyclic) bond motifs is 1. The number of piperazine rings is 1. The molecule has 0 amide bonds. The average molecular weight is 621 g/mol. The van der Waals surface area contributed by atoms with Crippen molar-refractivity contribution < 1.29 is 23.8 Å². The van der Waals surface area contributed by atoms with E-state index in [4.69, 9.17) is 33.5 Å². The molecule has 1 unspecified atom stereocenters. The molecule has 2 fully saturated rings. The van der Waals surface area contributed by atoms with Crippen LogP contribution in [0.25, 0.3) is 0 Å². The maximum atomic E-state index is 14.5. The van der Waals surface area contributed by atoms with Gasteiger partial charge in [0.15, 0.2) is 16.0 Å². The monoisotopic (exact) mass is 620 g/mol. The van der Waals surface area contributed by atoms with Crippen molar-refractivity contribution in [3.8, 4) is 0 Å². The summed E-state index contributed by atoms with van der Waals surface area (Å²) in [6.45, 7) is 6.62. The Morgan fingerprint density at radius 3 is 2.78 bits per heavy atom. The van der Waals surface area contributed by atoms with Gasteiger partial charge in [-0.2, -0.15) is 0 Å².